The molecule has 0 saturated heterocycles. The van der Waals surface area contributed by atoms with Crippen molar-refractivity contribution in [1.29, 1.82) is 0 Å². The molecule has 0 bridgehead atoms. The van der Waals surface area contributed by atoms with Crippen molar-refractivity contribution in [3.63, 3.8) is 0 Å². The van der Waals surface area contributed by atoms with Gasteiger partial charge in [-0.3, -0.25) is 9.78 Å². The fraction of sp³-hybridized carbons (Fsp3) is 0.346. The lowest BCUT2D eigenvalue weighted by Crippen LogP contribution is -2.16. The number of nitrogens with one attached hydrogen (secondary N) is 1. The van der Waals surface area contributed by atoms with Gasteiger partial charge < -0.3 is 5.32 Å². The number of pyridine rings is 2. The first kappa shape index (κ1) is 19.7. The predicted molar refractivity (Wildman–Crippen MR) is 119 cm³/mol. The highest BCUT2D eigenvalue weighted by Gasteiger charge is 2.42. The summed E-state index contributed by atoms with van der Waals surface area (Å²) >= 11 is 0. The average Bonchev–Trinajstić information content (AvgIpc) is 3.32. The fourth-order valence-corrected chi connectivity index (χ4v) is 5.69. The van der Waals surface area contributed by atoms with Gasteiger partial charge >= 0.3 is 0 Å². The predicted octanol–water partition coefficient (Wildman–Crippen LogP) is 5.30. The molecule has 2 fully saturated rings. The van der Waals surface area contributed by atoms with Crippen molar-refractivity contribution in [2.45, 2.75) is 38.0 Å². The summed E-state index contributed by atoms with van der Waals surface area (Å²) in [6.45, 7) is 0. The highest BCUT2D eigenvalue weighted by molar-refractivity contribution is 5.90. The molecule has 4 atom stereocenters. The number of amides is 1. The zero-order valence-corrected chi connectivity index (χ0v) is 17.2. The number of fused-ring (bicyclic) bond motifs is 2. The number of hydrogen-bond donors (Lipinski definition) is 1. The standard InChI is InChI=1S/C26H24FN3O/c1-2-21-4-5-22(15-29-21)30-26(31)11-16-9-17-12-19(13-18(17)10-16)23-7-8-28-25-6-3-20(27)14-24(23)25/h1,3-8,14-19H,9-13H2,(H,30,31)/t16-,17+,18-,19?. The van der Waals surface area contributed by atoms with E-state index in [1.165, 1.54) is 11.6 Å². The summed E-state index contributed by atoms with van der Waals surface area (Å²) in [6.07, 6.45) is 13.7. The highest BCUT2D eigenvalue weighted by atomic mass is 19.1. The lowest BCUT2D eigenvalue weighted by atomic mass is 9.89. The Kier molecular flexibility index (Phi) is 5.15. The molecule has 31 heavy (non-hydrogen) atoms. The van der Waals surface area contributed by atoms with Gasteiger partial charge in [-0.05, 0) is 91.3 Å². The van der Waals surface area contributed by atoms with Crippen LogP contribution in [0.3, 0.4) is 0 Å². The Morgan fingerprint density at radius 1 is 1.10 bits per heavy atom. The minimum absolute atomic E-state index is 0.0346. The topological polar surface area (TPSA) is 54.9 Å². The third-order valence-electron chi connectivity index (χ3n) is 6.96. The van der Waals surface area contributed by atoms with Crippen LogP contribution in [0.1, 0.15) is 49.3 Å². The van der Waals surface area contributed by atoms with Crippen molar-refractivity contribution in [3.05, 3.63) is 65.9 Å². The van der Waals surface area contributed by atoms with Gasteiger partial charge in [0, 0.05) is 18.0 Å². The molecule has 1 unspecified atom stereocenters. The first-order valence-electron chi connectivity index (χ1n) is 10.9. The number of terminal acetylenes is 1. The van der Waals surface area contributed by atoms with E-state index >= 15 is 0 Å². The zero-order valence-electron chi connectivity index (χ0n) is 17.2. The molecule has 2 aliphatic rings. The molecule has 2 saturated carbocycles. The van der Waals surface area contributed by atoms with Crippen molar-refractivity contribution < 1.29 is 9.18 Å². The average molecular weight is 413 g/mol. The van der Waals surface area contributed by atoms with Crippen molar-refractivity contribution in [3.8, 4) is 12.3 Å². The molecule has 1 N–H and O–H groups in total. The summed E-state index contributed by atoms with van der Waals surface area (Å²) in [5, 5.41) is 3.87. The number of aromatic nitrogens is 2. The van der Waals surface area contributed by atoms with Gasteiger partial charge in [0.1, 0.15) is 11.5 Å². The molecule has 0 radical (unpaired) electrons. The molecule has 2 heterocycles. The van der Waals surface area contributed by atoms with Crippen LogP contribution in [0.2, 0.25) is 0 Å². The third kappa shape index (κ3) is 4.03. The van der Waals surface area contributed by atoms with Crippen molar-refractivity contribution in [2.24, 2.45) is 17.8 Å². The molecule has 4 nitrogen and oxygen atoms in total. The number of hydrogen-bond acceptors (Lipinski definition) is 3. The van der Waals surface area contributed by atoms with Gasteiger partial charge in [0.05, 0.1) is 17.4 Å². The van der Waals surface area contributed by atoms with Crippen LogP contribution in [0, 0.1) is 35.9 Å². The van der Waals surface area contributed by atoms with Gasteiger partial charge in [-0.2, -0.15) is 0 Å². The second-order valence-electron chi connectivity index (χ2n) is 8.92. The molecule has 2 aromatic heterocycles. The van der Waals surface area contributed by atoms with Crippen molar-refractivity contribution in [2.75, 3.05) is 5.32 Å². The van der Waals surface area contributed by atoms with Crippen molar-refractivity contribution in [1.82, 2.24) is 9.97 Å². The molecule has 156 valence electrons. The van der Waals surface area contributed by atoms with E-state index in [1.54, 1.807) is 30.5 Å². The first-order chi connectivity index (χ1) is 15.1. The van der Waals surface area contributed by atoms with Crippen LogP contribution in [0.15, 0.2) is 48.8 Å². The molecule has 0 aliphatic heterocycles. The van der Waals surface area contributed by atoms with Crippen molar-refractivity contribution >= 4 is 22.5 Å². The number of anilines is 1. The molecule has 0 spiro atoms. The van der Waals surface area contributed by atoms with E-state index in [0.29, 0.717) is 41.5 Å². The van der Waals surface area contributed by atoms with Crippen LogP contribution in [-0.2, 0) is 4.79 Å². The molecule has 5 rings (SSSR count). The Bertz CT molecular complexity index is 1150. The van der Waals surface area contributed by atoms with E-state index in [1.807, 2.05) is 6.20 Å². The van der Waals surface area contributed by atoms with E-state index in [0.717, 1.165) is 36.6 Å². The van der Waals surface area contributed by atoms with E-state index in [-0.39, 0.29) is 11.7 Å². The van der Waals surface area contributed by atoms with Gasteiger partial charge in [0.25, 0.3) is 0 Å². The molecule has 2 aliphatic carbocycles. The second-order valence-corrected chi connectivity index (χ2v) is 8.92. The van der Waals surface area contributed by atoms with Gasteiger partial charge in [-0.15, -0.1) is 6.42 Å². The van der Waals surface area contributed by atoms with Crippen LogP contribution in [0.5, 0.6) is 0 Å². The maximum absolute atomic E-state index is 13.8. The normalized spacial score (nSPS) is 24.6. The first-order valence-corrected chi connectivity index (χ1v) is 10.9. The Hall–Kier alpha value is -3.26. The number of carbonyl (C=O) groups is 1. The molecule has 5 heteroatoms. The number of benzene rings is 1. The molecular weight excluding hydrogens is 389 g/mol. The quantitative estimate of drug-likeness (QED) is 0.591. The smallest absolute Gasteiger partial charge is 0.224 e. The molecule has 3 aromatic rings. The maximum Gasteiger partial charge on any atom is 0.224 e. The Morgan fingerprint density at radius 2 is 1.90 bits per heavy atom. The minimum Gasteiger partial charge on any atom is -0.325 e. The lowest BCUT2D eigenvalue weighted by molar-refractivity contribution is -0.117. The molecular formula is C26H24FN3O. The van der Waals surface area contributed by atoms with E-state index in [9.17, 15) is 9.18 Å². The largest absolute Gasteiger partial charge is 0.325 e. The summed E-state index contributed by atoms with van der Waals surface area (Å²) in [5.74, 6) is 4.42. The highest BCUT2D eigenvalue weighted by Crippen LogP contribution is 2.53. The Morgan fingerprint density at radius 3 is 2.61 bits per heavy atom. The fourth-order valence-electron chi connectivity index (χ4n) is 5.69. The summed E-state index contributed by atoms with van der Waals surface area (Å²) < 4.78 is 13.8. The summed E-state index contributed by atoms with van der Waals surface area (Å²) in [5.41, 5.74) is 3.31. The zero-order chi connectivity index (χ0) is 21.4. The van der Waals surface area contributed by atoms with Crippen LogP contribution in [-0.4, -0.2) is 15.9 Å². The maximum atomic E-state index is 13.8. The van der Waals surface area contributed by atoms with Gasteiger partial charge in [-0.1, -0.05) is 5.92 Å². The lowest BCUT2D eigenvalue weighted by Gasteiger charge is -2.17. The SMILES string of the molecule is C#Cc1ccc(NC(=O)C[C@@H]2C[C@H]3CC(c4ccnc5ccc(F)cc45)C[C@H]3C2)cn1. The van der Waals surface area contributed by atoms with Gasteiger partial charge in [0.15, 0.2) is 0 Å². The minimum atomic E-state index is -0.213. The molecule has 1 amide bonds. The van der Waals surface area contributed by atoms with Crippen LogP contribution in [0.4, 0.5) is 10.1 Å². The molecule has 1 aromatic carbocycles. The van der Waals surface area contributed by atoms with Gasteiger partial charge in [0.2, 0.25) is 5.91 Å². The summed E-state index contributed by atoms with van der Waals surface area (Å²) in [6, 6.07) is 10.4. The number of halogens is 1. The Labute approximate surface area is 181 Å². The number of nitrogens with zero attached hydrogens (tertiary/aromatic N) is 2. The number of rotatable bonds is 4. The van der Waals surface area contributed by atoms with E-state index in [2.05, 4.69) is 27.3 Å². The van der Waals surface area contributed by atoms with E-state index < -0.39 is 0 Å². The van der Waals surface area contributed by atoms with Crippen LogP contribution >= 0.6 is 0 Å². The van der Waals surface area contributed by atoms with Crippen LogP contribution in [0.25, 0.3) is 10.9 Å². The van der Waals surface area contributed by atoms with Crippen LogP contribution < -0.4 is 5.32 Å². The number of carbonyl (C=O) groups excluding carboxylic acids is 1. The monoisotopic (exact) mass is 413 g/mol. The Balaban J connectivity index is 1.20. The summed E-state index contributed by atoms with van der Waals surface area (Å²) in [4.78, 5) is 21.0. The third-order valence-corrected chi connectivity index (χ3v) is 6.96. The van der Waals surface area contributed by atoms with E-state index in [4.69, 9.17) is 6.42 Å². The summed E-state index contributed by atoms with van der Waals surface area (Å²) in [7, 11) is 0. The second kappa shape index (κ2) is 8.11. The van der Waals surface area contributed by atoms with Gasteiger partial charge in [-0.25, -0.2) is 9.37 Å².